The second-order valence-electron chi connectivity index (χ2n) is 15.0. The van der Waals surface area contributed by atoms with Gasteiger partial charge < -0.3 is 10.0 Å². The summed E-state index contributed by atoms with van der Waals surface area (Å²) in [4.78, 5) is 2.36. The third-order valence-corrected chi connectivity index (χ3v) is 12.0. The molecule has 0 spiro atoms. The highest BCUT2D eigenvalue weighted by molar-refractivity contribution is 7.94. The molecule has 0 unspecified atom stereocenters. The fourth-order valence-corrected chi connectivity index (χ4v) is 9.23. The second kappa shape index (κ2) is 15.9. The summed E-state index contributed by atoms with van der Waals surface area (Å²) in [7, 11) is -4.52. The summed E-state index contributed by atoms with van der Waals surface area (Å²) < 4.78 is 41.6. The molecule has 53 heavy (non-hydrogen) atoms. The molecule has 2 heterocycles. The number of aliphatic hydroxyl groups is 1. The number of allylic oxidation sites excluding steroid dienone is 6. The van der Waals surface area contributed by atoms with Gasteiger partial charge in [-0.25, -0.2) is 5.26 Å². The van der Waals surface area contributed by atoms with Gasteiger partial charge in [-0.3, -0.25) is 4.55 Å². The van der Waals surface area contributed by atoms with Gasteiger partial charge in [0.05, 0.1) is 22.4 Å². The minimum atomic E-state index is -4.52. The summed E-state index contributed by atoms with van der Waals surface area (Å²) in [5.74, 6) is 0. The lowest BCUT2D eigenvalue weighted by atomic mass is 9.76. The summed E-state index contributed by atoms with van der Waals surface area (Å²) in [6, 6.07) is 19.8. The number of nitrogens with zero attached hydrogens (tertiary/aromatic N) is 2. The summed E-state index contributed by atoms with van der Waals surface area (Å²) in [5, 5.41) is 25.9. The third-order valence-electron chi connectivity index (χ3n) is 10.5. The van der Waals surface area contributed by atoms with E-state index in [-0.39, 0.29) is 22.3 Å². The lowest BCUT2D eigenvalue weighted by molar-refractivity contribution is -0.448. The van der Waals surface area contributed by atoms with E-state index in [9.17, 15) is 18.1 Å². The Labute approximate surface area is 316 Å². The smallest absolute Gasteiger partial charge is 0.294 e. The Morgan fingerprint density at radius 3 is 2.40 bits per heavy atom. The molecule has 0 saturated heterocycles. The average molecular weight is 758 g/mol. The molecule has 0 aromatic heterocycles. The highest BCUT2D eigenvalue weighted by Gasteiger charge is 2.40. The lowest BCUT2D eigenvalue weighted by Gasteiger charge is -2.43. The molecule has 280 valence electrons. The molecule has 0 saturated carbocycles. The first kappa shape index (κ1) is 38.9. The van der Waals surface area contributed by atoms with Crippen LogP contribution in [0.15, 0.2) is 107 Å². The minimum absolute atomic E-state index is 0.0986. The first-order valence-corrected chi connectivity index (χ1v) is 20.3. The Hall–Kier alpha value is -3.81. The fraction of sp³-hybridized carbons (Fsp3) is 0.357. The van der Waals surface area contributed by atoms with Gasteiger partial charge in [-0.1, -0.05) is 67.4 Å². The Balaban J connectivity index is 1.36. The van der Waals surface area contributed by atoms with E-state index in [1.54, 1.807) is 0 Å². The zero-order valence-electron chi connectivity index (χ0n) is 31.0. The summed E-state index contributed by atoms with van der Waals surface area (Å²) in [6.45, 7) is 12.9. The zero-order valence-corrected chi connectivity index (χ0v) is 32.6. The van der Waals surface area contributed by atoms with Crippen molar-refractivity contribution < 1.29 is 37.3 Å². The highest BCUT2D eigenvalue weighted by Crippen LogP contribution is 2.48. The molecule has 2 aliphatic heterocycles. The van der Waals surface area contributed by atoms with Crippen LogP contribution in [0.2, 0.25) is 0 Å². The maximum atomic E-state index is 12.2. The number of unbranched alkanes of at least 4 members (excludes halogenated alkanes) is 2. The first-order chi connectivity index (χ1) is 25.3. The quantitative estimate of drug-likeness (QED) is 0.0233. The fourth-order valence-electron chi connectivity index (χ4n) is 8.08. The van der Waals surface area contributed by atoms with E-state index >= 15 is 0 Å². The molecule has 0 aliphatic carbocycles. The zero-order chi connectivity index (χ0) is 38.0. The number of benzene rings is 4. The van der Waals surface area contributed by atoms with Crippen molar-refractivity contribution in [2.24, 2.45) is 10.8 Å². The van der Waals surface area contributed by atoms with E-state index < -0.39 is 10.1 Å². The topological polar surface area (TPSA) is 120 Å². The van der Waals surface area contributed by atoms with E-state index in [0.717, 1.165) is 49.2 Å². The molecule has 0 bridgehead atoms. The van der Waals surface area contributed by atoms with Crippen LogP contribution in [0.5, 0.6) is 0 Å². The molecule has 0 radical (unpaired) electrons. The van der Waals surface area contributed by atoms with Gasteiger partial charge in [-0.05, 0) is 104 Å². The molecular formula is C42H49N2O7S2+. The van der Waals surface area contributed by atoms with Gasteiger partial charge in [0.2, 0.25) is 5.69 Å². The van der Waals surface area contributed by atoms with Crippen LogP contribution in [0, 0.1) is 10.8 Å². The minimum Gasteiger partial charge on any atom is -0.396 e. The van der Waals surface area contributed by atoms with Crippen LogP contribution in [0.1, 0.15) is 65.0 Å². The molecule has 11 heteroatoms. The maximum Gasteiger partial charge on any atom is 0.294 e. The number of anilines is 1. The molecule has 9 nitrogen and oxygen atoms in total. The number of rotatable bonds is 13. The molecule has 2 aliphatic rings. The lowest BCUT2D eigenvalue weighted by Crippen LogP contribution is -2.38. The van der Waals surface area contributed by atoms with Crippen molar-refractivity contribution in [3.8, 4) is 0 Å². The van der Waals surface area contributed by atoms with Crippen molar-refractivity contribution in [2.45, 2.75) is 76.5 Å². The van der Waals surface area contributed by atoms with Gasteiger partial charge >= 0.3 is 0 Å². The van der Waals surface area contributed by atoms with E-state index in [0.29, 0.717) is 40.7 Å². The normalized spacial score (nSPS) is 17.8. The van der Waals surface area contributed by atoms with Crippen molar-refractivity contribution >= 4 is 60.8 Å². The number of aliphatic hydroxyl groups excluding tert-OH is 1. The van der Waals surface area contributed by atoms with E-state index in [2.05, 4.69) is 120 Å². The predicted octanol–water partition coefficient (Wildman–Crippen LogP) is 9.60. The van der Waals surface area contributed by atoms with Gasteiger partial charge in [-0.2, -0.15) is 13.0 Å². The highest BCUT2D eigenvalue weighted by atomic mass is 32.2. The Kier molecular flexibility index (Phi) is 11.7. The van der Waals surface area contributed by atoms with Crippen molar-refractivity contribution in [1.29, 1.82) is 0 Å². The molecule has 4 aromatic rings. The SMILES string of the molecule is CCN1C(=CC=CC=CC2=[N+](CCCCCO)c3ccc4ccccc4c3CC2(C)C)C(C)(C)Cc2c1ccc1c(SOOO)cc(S(=O)(=O)O)cc21. The second-order valence-corrected chi connectivity index (χ2v) is 17.2. The Bertz CT molecular complexity index is 2250. The first-order valence-electron chi connectivity index (χ1n) is 18.1. The summed E-state index contributed by atoms with van der Waals surface area (Å²) >= 11 is 0.664. The maximum absolute atomic E-state index is 12.2. The monoisotopic (exact) mass is 757 g/mol. The Morgan fingerprint density at radius 1 is 0.887 bits per heavy atom. The summed E-state index contributed by atoms with van der Waals surface area (Å²) in [6.07, 6.45) is 15.0. The van der Waals surface area contributed by atoms with E-state index in [1.807, 2.05) is 12.1 Å². The van der Waals surface area contributed by atoms with Crippen LogP contribution < -0.4 is 4.90 Å². The number of hydrogen-bond donors (Lipinski definition) is 3. The van der Waals surface area contributed by atoms with E-state index in [1.165, 1.54) is 39.9 Å². The van der Waals surface area contributed by atoms with Crippen LogP contribution in [0.3, 0.4) is 0 Å². The van der Waals surface area contributed by atoms with Gasteiger partial charge in [0.25, 0.3) is 10.1 Å². The average Bonchev–Trinajstić information content (AvgIpc) is 3.11. The standard InChI is InChI=1S/C42H48N2O7S2/c1-6-43-36-22-20-32-33(25-30(53(47,48)49)26-38(32)52-51-50-46)35(36)28-41(2,3)39(43)17-9-7-10-18-40-42(4,5)27-34-31-16-12-11-15-29(31)19-21-37(34)44(40)23-13-8-14-24-45/h7,9-12,15-22,25-26,45H,6,8,13-14,23-24,27-28H2,1-5H3,(H-,46,47,48,49)/p+1. The van der Waals surface area contributed by atoms with E-state index in [4.69, 9.17) is 5.26 Å². The van der Waals surface area contributed by atoms with Crippen LogP contribution in [0.25, 0.3) is 21.5 Å². The van der Waals surface area contributed by atoms with Gasteiger partial charge in [-0.15, -0.1) is 4.33 Å². The molecule has 0 fully saturated rings. The van der Waals surface area contributed by atoms with Gasteiger partial charge in [0, 0.05) is 59.0 Å². The van der Waals surface area contributed by atoms with Crippen LogP contribution in [0.4, 0.5) is 11.4 Å². The predicted molar refractivity (Wildman–Crippen MR) is 213 cm³/mol. The summed E-state index contributed by atoms with van der Waals surface area (Å²) in [5.41, 5.74) is 6.54. The van der Waals surface area contributed by atoms with Crippen LogP contribution in [-0.4, -0.2) is 53.3 Å². The molecule has 6 rings (SSSR count). The van der Waals surface area contributed by atoms with Crippen molar-refractivity contribution in [2.75, 3.05) is 24.6 Å². The van der Waals surface area contributed by atoms with Crippen LogP contribution >= 0.6 is 12.0 Å². The Morgan fingerprint density at radius 2 is 1.66 bits per heavy atom. The molecule has 0 atom stereocenters. The third kappa shape index (κ3) is 8.02. The van der Waals surface area contributed by atoms with Crippen molar-refractivity contribution in [3.05, 3.63) is 108 Å². The number of hydrogen-bond acceptors (Lipinski definition) is 8. The molecular weight excluding hydrogens is 709 g/mol. The molecule has 3 N–H and O–H groups in total. The van der Waals surface area contributed by atoms with Crippen molar-refractivity contribution in [1.82, 2.24) is 0 Å². The van der Waals surface area contributed by atoms with Gasteiger partial charge in [0.15, 0.2) is 5.71 Å². The number of fused-ring (bicyclic) bond motifs is 6. The molecule has 4 aromatic carbocycles. The largest absolute Gasteiger partial charge is 0.396 e. The van der Waals surface area contributed by atoms with Crippen molar-refractivity contribution in [3.63, 3.8) is 0 Å². The van der Waals surface area contributed by atoms with Crippen LogP contribution in [-0.2, 0) is 32.3 Å². The molecule has 0 amide bonds. The van der Waals surface area contributed by atoms with Gasteiger partial charge in [0.1, 0.15) is 6.54 Å².